The lowest BCUT2D eigenvalue weighted by molar-refractivity contribution is 0.0706. The van der Waals surface area contributed by atoms with E-state index < -0.39 is 0 Å². The molecule has 1 saturated carbocycles. The number of aromatic hydroxyl groups is 1. The number of hydrogen-bond donors (Lipinski definition) is 1. The van der Waals surface area contributed by atoms with E-state index in [2.05, 4.69) is 22.6 Å². The number of benzene rings is 1. The molecule has 0 atom stereocenters. The van der Waals surface area contributed by atoms with Crippen LogP contribution in [0.5, 0.6) is 5.75 Å². The second kappa shape index (κ2) is 5.91. The predicted molar refractivity (Wildman–Crippen MR) is 79.7 cm³/mol. The van der Waals surface area contributed by atoms with E-state index >= 15 is 0 Å². The summed E-state index contributed by atoms with van der Waals surface area (Å²) >= 11 is 2.05. The number of carbonyl (C=O) groups is 1. The third-order valence-electron chi connectivity index (χ3n) is 3.57. The molecule has 0 unspecified atom stereocenters. The average Bonchev–Trinajstić information content (AvgIpc) is 2.31. The van der Waals surface area contributed by atoms with Gasteiger partial charge in [-0.15, -0.1) is 0 Å². The zero-order valence-electron chi connectivity index (χ0n) is 10.5. The number of hydrogen-bond acceptors (Lipinski definition) is 2. The average molecular weight is 359 g/mol. The maximum Gasteiger partial charge on any atom is 0.253 e. The highest BCUT2D eigenvalue weighted by Crippen LogP contribution is 2.28. The molecule has 2 rings (SSSR count). The molecule has 0 radical (unpaired) electrons. The van der Waals surface area contributed by atoms with Crippen LogP contribution in [0, 0.1) is 9.49 Å². The van der Waals surface area contributed by atoms with Gasteiger partial charge in [-0.2, -0.15) is 0 Å². The lowest BCUT2D eigenvalue weighted by atomic mass is 9.85. The molecule has 18 heavy (non-hydrogen) atoms. The highest BCUT2D eigenvalue weighted by molar-refractivity contribution is 14.1. The van der Waals surface area contributed by atoms with Crippen LogP contribution in [0.1, 0.15) is 36.5 Å². The van der Waals surface area contributed by atoms with Gasteiger partial charge in [0.05, 0.1) is 3.57 Å². The number of carbonyl (C=O) groups excluding carboxylic acids is 1. The third-order valence-corrected chi connectivity index (χ3v) is 4.48. The maximum atomic E-state index is 12.3. The monoisotopic (exact) mass is 359 g/mol. The molecule has 1 fully saturated rings. The fraction of sp³-hybridized carbons (Fsp3) is 0.500. The quantitative estimate of drug-likeness (QED) is 0.839. The summed E-state index contributed by atoms with van der Waals surface area (Å²) in [6.45, 7) is 3.58. The molecule has 1 aliphatic carbocycles. The summed E-state index contributed by atoms with van der Waals surface area (Å²) in [6.07, 6.45) is 3.77. The number of phenols is 1. The minimum Gasteiger partial charge on any atom is -0.507 e. The van der Waals surface area contributed by atoms with E-state index in [-0.39, 0.29) is 11.7 Å². The van der Waals surface area contributed by atoms with E-state index in [4.69, 9.17) is 0 Å². The molecule has 1 aromatic rings. The van der Waals surface area contributed by atoms with Crippen molar-refractivity contribution in [1.82, 2.24) is 4.90 Å². The van der Waals surface area contributed by atoms with Crippen molar-refractivity contribution in [3.63, 3.8) is 0 Å². The molecule has 0 spiro atoms. The van der Waals surface area contributed by atoms with Crippen LogP contribution in [0.4, 0.5) is 0 Å². The first-order valence-electron chi connectivity index (χ1n) is 6.39. The lowest BCUT2D eigenvalue weighted by Gasteiger charge is -2.31. The van der Waals surface area contributed by atoms with E-state index in [1.165, 1.54) is 19.3 Å². The van der Waals surface area contributed by atoms with E-state index in [1.54, 1.807) is 18.2 Å². The van der Waals surface area contributed by atoms with Crippen LogP contribution in [-0.2, 0) is 0 Å². The van der Waals surface area contributed by atoms with Gasteiger partial charge in [-0.05, 0) is 66.5 Å². The summed E-state index contributed by atoms with van der Waals surface area (Å²) in [7, 11) is 0. The fourth-order valence-corrected chi connectivity index (χ4v) is 2.51. The van der Waals surface area contributed by atoms with Crippen LogP contribution >= 0.6 is 22.6 Å². The minimum atomic E-state index is 0.0242. The largest absolute Gasteiger partial charge is 0.507 e. The summed E-state index contributed by atoms with van der Waals surface area (Å²) in [5, 5.41) is 9.66. The van der Waals surface area contributed by atoms with Gasteiger partial charge in [-0.1, -0.05) is 6.42 Å². The molecule has 1 aliphatic rings. The zero-order valence-corrected chi connectivity index (χ0v) is 12.7. The van der Waals surface area contributed by atoms with Crippen LogP contribution in [-0.4, -0.2) is 29.0 Å². The van der Waals surface area contributed by atoms with Crippen molar-refractivity contribution >= 4 is 28.5 Å². The van der Waals surface area contributed by atoms with E-state index in [0.29, 0.717) is 11.5 Å². The Hall–Kier alpha value is -0.780. The summed E-state index contributed by atoms with van der Waals surface area (Å²) in [5.41, 5.74) is 0.578. The summed E-state index contributed by atoms with van der Waals surface area (Å²) < 4.78 is 0.770. The first kappa shape index (κ1) is 13.6. The molecule has 1 aromatic carbocycles. The van der Waals surface area contributed by atoms with Crippen molar-refractivity contribution in [1.29, 1.82) is 0 Å². The Labute approximate surface area is 121 Å². The Morgan fingerprint density at radius 1 is 1.50 bits per heavy atom. The van der Waals surface area contributed by atoms with Gasteiger partial charge in [-0.25, -0.2) is 0 Å². The number of rotatable bonds is 4. The highest BCUT2D eigenvalue weighted by atomic mass is 127. The van der Waals surface area contributed by atoms with Crippen molar-refractivity contribution in [3.05, 3.63) is 27.3 Å². The zero-order chi connectivity index (χ0) is 13.1. The molecular weight excluding hydrogens is 341 g/mol. The van der Waals surface area contributed by atoms with Crippen LogP contribution in [0.3, 0.4) is 0 Å². The Balaban J connectivity index is 2.09. The second-order valence-corrected chi connectivity index (χ2v) is 5.97. The number of halogens is 1. The van der Waals surface area contributed by atoms with E-state index in [0.717, 1.165) is 16.7 Å². The predicted octanol–water partition coefficient (Wildman–Crippen LogP) is 3.26. The fourth-order valence-electron chi connectivity index (χ4n) is 2.17. The molecule has 0 saturated heterocycles. The Morgan fingerprint density at radius 3 is 2.72 bits per heavy atom. The molecule has 3 nitrogen and oxygen atoms in total. The number of phenolic OH excluding ortho intramolecular Hbond substituents is 1. The van der Waals surface area contributed by atoms with Gasteiger partial charge in [0.1, 0.15) is 5.75 Å². The van der Waals surface area contributed by atoms with Gasteiger partial charge in [0, 0.05) is 18.7 Å². The van der Waals surface area contributed by atoms with Gasteiger partial charge in [0.15, 0.2) is 0 Å². The van der Waals surface area contributed by atoms with E-state index in [9.17, 15) is 9.90 Å². The van der Waals surface area contributed by atoms with Crippen LogP contribution in [0.2, 0.25) is 0 Å². The van der Waals surface area contributed by atoms with Crippen LogP contribution in [0.15, 0.2) is 18.2 Å². The molecule has 1 N–H and O–H groups in total. The molecular formula is C14H18INO2. The standard InChI is InChI=1S/C14H18INO2/c1-2-16(9-10-4-3-5-10)14(18)11-6-7-12(15)13(17)8-11/h6-8,10,17H,2-5,9H2,1H3. The van der Waals surface area contributed by atoms with Crippen molar-refractivity contribution in [2.45, 2.75) is 26.2 Å². The summed E-state index contributed by atoms with van der Waals surface area (Å²) in [5.74, 6) is 0.878. The molecule has 0 bridgehead atoms. The van der Waals surface area contributed by atoms with Gasteiger partial charge in [0.25, 0.3) is 5.91 Å². The Kier molecular flexibility index (Phi) is 4.48. The van der Waals surface area contributed by atoms with E-state index in [1.807, 2.05) is 11.8 Å². The second-order valence-electron chi connectivity index (χ2n) is 4.81. The normalized spacial score (nSPS) is 15.2. The van der Waals surface area contributed by atoms with Crippen molar-refractivity contribution < 1.29 is 9.90 Å². The summed E-state index contributed by atoms with van der Waals surface area (Å²) in [6, 6.07) is 5.13. The van der Waals surface area contributed by atoms with Crippen molar-refractivity contribution in [2.24, 2.45) is 5.92 Å². The van der Waals surface area contributed by atoms with Crippen LogP contribution in [0.25, 0.3) is 0 Å². The highest BCUT2D eigenvalue weighted by Gasteiger charge is 2.23. The maximum absolute atomic E-state index is 12.3. The van der Waals surface area contributed by atoms with Gasteiger partial charge in [-0.3, -0.25) is 4.79 Å². The van der Waals surface area contributed by atoms with Crippen LogP contribution < -0.4 is 0 Å². The first-order valence-corrected chi connectivity index (χ1v) is 7.47. The molecule has 0 aliphatic heterocycles. The smallest absolute Gasteiger partial charge is 0.253 e. The minimum absolute atomic E-state index is 0.0242. The van der Waals surface area contributed by atoms with Gasteiger partial charge < -0.3 is 10.0 Å². The topological polar surface area (TPSA) is 40.5 Å². The lowest BCUT2D eigenvalue weighted by Crippen LogP contribution is -2.37. The molecule has 98 valence electrons. The number of amides is 1. The summed E-state index contributed by atoms with van der Waals surface area (Å²) in [4.78, 5) is 14.2. The molecule has 1 amide bonds. The molecule has 4 heteroatoms. The molecule has 0 heterocycles. The first-order chi connectivity index (χ1) is 8.61. The SMILES string of the molecule is CCN(CC1CCC1)C(=O)c1ccc(I)c(O)c1. The number of nitrogens with zero attached hydrogens (tertiary/aromatic N) is 1. The van der Waals surface area contributed by atoms with Crippen molar-refractivity contribution in [2.75, 3.05) is 13.1 Å². The molecule has 0 aromatic heterocycles. The van der Waals surface area contributed by atoms with Gasteiger partial charge in [0.2, 0.25) is 0 Å². The van der Waals surface area contributed by atoms with Crippen molar-refractivity contribution in [3.8, 4) is 5.75 Å². The third kappa shape index (κ3) is 2.96. The Morgan fingerprint density at radius 2 is 2.22 bits per heavy atom. The van der Waals surface area contributed by atoms with Gasteiger partial charge >= 0.3 is 0 Å². The Bertz CT molecular complexity index is 443.